The number of fused-ring (bicyclic) bond motifs is 1. The maximum atomic E-state index is 12.4. The van der Waals surface area contributed by atoms with E-state index < -0.39 is 28.5 Å². The summed E-state index contributed by atoms with van der Waals surface area (Å²) in [7, 11) is 0. The van der Waals surface area contributed by atoms with Crippen LogP contribution in [-0.2, 0) is 33.4 Å². The highest BCUT2D eigenvalue weighted by molar-refractivity contribution is 5.95. The van der Waals surface area contributed by atoms with Crippen LogP contribution in [0.2, 0.25) is 0 Å². The van der Waals surface area contributed by atoms with Gasteiger partial charge < -0.3 is 33.5 Å². The highest BCUT2D eigenvalue weighted by atomic mass is 16.7. The molecule has 5 unspecified atom stereocenters. The molecule has 4 fully saturated rings. The van der Waals surface area contributed by atoms with Gasteiger partial charge in [0.05, 0.1) is 28.3 Å². The molecule has 1 N–H and O–H groups in total. The fourth-order valence-corrected chi connectivity index (χ4v) is 6.68. The van der Waals surface area contributed by atoms with Gasteiger partial charge in [-0.2, -0.15) is 0 Å². The summed E-state index contributed by atoms with van der Waals surface area (Å²) in [6.07, 6.45) is 7.07. The van der Waals surface area contributed by atoms with Crippen molar-refractivity contribution < 1.29 is 57.5 Å². The first kappa shape index (κ1) is 46.2. The summed E-state index contributed by atoms with van der Waals surface area (Å²) < 4.78 is 33.4. The second-order valence-electron chi connectivity index (χ2n) is 18.1. The smallest absolute Gasteiger partial charge is 0.316 e. The minimum absolute atomic E-state index is 0.0775. The number of hydrogen-bond acceptors (Lipinski definition) is 12. The molecule has 0 spiro atoms. The third-order valence-electron chi connectivity index (χ3n) is 12.2. The summed E-state index contributed by atoms with van der Waals surface area (Å²) in [6.45, 7) is 20.6. The second-order valence-corrected chi connectivity index (χ2v) is 18.1. The zero-order valence-electron chi connectivity index (χ0n) is 36.2. The third-order valence-corrected chi connectivity index (χ3v) is 12.2. The van der Waals surface area contributed by atoms with E-state index in [0.717, 1.165) is 32.1 Å². The summed E-state index contributed by atoms with van der Waals surface area (Å²) in [5.74, 6) is 0.347. The standard InChI is InChI=1S/C21H30O4.C13H18O5.C12H16O3/c1-6-20(3,4)19(23)24-17-12-16(15(2)22)13-18(14-17)25-21(5)10-8-7-9-11-21;1-4-13(2,3)12(15)18-9-7-5-6-8(16-7)10(9)17-11(6)14;1-4-12(2,3)11(14)15-10-7-5-9(13)6-8-10/h12-14H,6-11H2,1-5H3;6-10H,4-5H2,1-3H3;5-8,13H,4H2,1-3H3. The van der Waals surface area contributed by atoms with Gasteiger partial charge >= 0.3 is 23.9 Å². The van der Waals surface area contributed by atoms with Crippen LogP contribution in [0.4, 0.5) is 0 Å². The fourth-order valence-electron chi connectivity index (χ4n) is 6.68. The molecule has 6 rings (SSSR count). The van der Waals surface area contributed by atoms with Gasteiger partial charge in [0, 0.05) is 11.6 Å². The predicted molar refractivity (Wildman–Crippen MR) is 217 cm³/mol. The van der Waals surface area contributed by atoms with Gasteiger partial charge in [-0.15, -0.1) is 0 Å². The van der Waals surface area contributed by atoms with Crippen LogP contribution < -0.4 is 14.2 Å². The van der Waals surface area contributed by atoms with Crippen LogP contribution in [0.1, 0.15) is 144 Å². The van der Waals surface area contributed by atoms with Crippen molar-refractivity contribution in [3.05, 3.63) is 48.0 Å². The lowest BCUT2D eigenvalue weighted by atomic mass is 9.86. The van der Waals surface area contributed by atoms with Crippen molar-refractivity contribution in [1.29, 1.82) is 0 Å². The van der Waals surface area contributed by atoms with E-state index in [0.29, 0.717) is 42.1 Å². The first-order chi connectivity index (χ1) is 27.0. The molecular weight excluding hydrogens is 744 g/mol. The zero-order valence-corrected chi connectivity index (χ0v) is 36.2. The number of carbonyl (C=O) groups is 5. The lowest BCUT2D eigenvalue weighted by molar-refractivity contribution is -0.169. The Labute approximate surface area is 343 Å². The van der Waals surface area contributed by atoms with Crippen molar-refractivity contribution in [3.63, 3.8) is 0 Å². The van der Waals surface area contributed by atoms with E-state index in [9.17, 15) is 24.0 Å². The SMILES string of the molecule is CCC(C)(C)C(=O)OC1C2CC3C(=O)OC1C3O2.CCC(C)(C)C(=O)Oc1cc(OC2(C)CCCCC2)cc(C(C)=O)c1.CCC(C)(C)C(=O)Oc1ccc(O)cc1. The molecule has 4 aliphatic rings. The molecule has 2 aromatic rings. The first-order valence-corrected chi connectivity index (χ1v) is 20.7. The summed E-state index contributed by atoms with van der Waals surface area (Å²) in [4.78, 5) is 59.5. The van der Waals surface area contributed by atoms with Gasteiger partial charge in [-0.05, 0) is 143 Å². The van der Waals surface area contributed by atoms with Crippen LogP contribution in [0.15, 0.2) is 42.5 Å². The van der Waals surface area contributed by atoms with Crippen LogP contribution >= 0.6 is 0 Å². The predicted octanol–water partition coefficient (Wildman–Crippen LogP) is 9.11. The molecule has 2 aromatic carbocycles. The lowest BCUT2D eigenvalue weighted by Crippen LogP contribution is -2.42. The molecule has 12 nitrogen and oxygen atoms in total. The van der Waals surface area contributed by atoms with E-state index in [1.165, 1.54) is 25.5 Å². The van der Waals surface area contributed by atoms with Crippen molar-refractivity contribution in [3.8, 4) is 23.0 Å². The number of benzene rings is 2. The normalized spacial score (nSPS) is 22.9. The maximum absolute atomic E-state index is 12.4. The van der Waals surface area contributed by atoms with Gasteiger partial charge in [-0.1, -0.05) is 27.2 Å². The summed E-state index contributed by atoms with van der Waals surface area (Å²) in [6, 6.07) is 11.2. The van der Waals surface area contributed by atoms with Crippen molar-refractivity contribution in [1.82, 2.24) is 0 Å². The Bertz CT molecular complexity index is 1790. The molecule has 5 atom stereocenters. The molecule has 1 aliphatic carbocycles. The van der Waals surface area contributed by atoms with Gasteiger partial charge in [-0.25, -0.2) is 0 Å². The quantitative estimate of drug-likeness (QED) is 0.123. The number of hydrogen-bond donors (Lipinski definition) is 1. The van der Waals surface area contributed by atoms with Crippen LogP contribution in [0.5, 0.6) is 23.0 Å². The third kappa shape index (κ3) is 11.4. The number of phenolic OH excluding ortho intramolecular Hbond substituents is 1. The molecule has 0 amide bonds. The summed E-state index contributed by atoms with van der Waals surface area (Å²) in [5.41, 5.74) is -1.28. The van der Waals surface area contributed by atoms with E-state index in [1.54, 1.807) is 30.3 Å². The van der Waals surface area contributed by atoms with Crippen molar-refractivity contribution in [2.75, 3.05) is 0 Å². The molecule has 320 valence electrons. The van der Waals surface area contributed by atoms with Crippen molar-refractivity contribution >= 4 is 29.7 Å². The molecule has 0 radical (unpaired) electrons. The van der Waals surface area contributed by atoms with Gasteiger partial charge in [0.25, 0.3) is 0 Å². The van der Waals surface area contributed by atoms with Crippen LogP contribution in [0.25, 0.3) is 0 Å². The molecular formula is C46H64O12. The number of rotatable bonds is 12. The highest BCUT2D eigenvalue weighted by Gasteiger charge is 2.65. The van der Waals surface area contributed by atoms with E-state index in [1.807, 2.05) is 62.3 Å². The molecule has 1 saturated carbocycles. The molecule has 2 bridgehead atoms. The second kappa shape index (κ2) is 18.6. The summed E-state index contributed by atoms with van der Waals surface area (Å²) >= 11 is 0. The van der Waals surface area contributed by atoms with Gasteiger partial charge in [0.2, 0.25) is 0 Å². The number of esters is 4. The Hall–Kier alpha value is -4.45. The number of Topliss-reactive ketones (excluding diaryl/α,β-unsaturated/α-hetero) is 1. The number of ketones is 1. The topological polar surface area (TPSA) is 161 Å². The van der Waals surface area contributed by atoms with Gasteiger partial charge in [0.15, 0.2) is 18.0 Å². The van der Waals surface area contributed by atoms with E-state index in [-0.39, 0.29) is 59.1 Å². The van der Waals surface area contributed by atoms with E-state index in [2.05, 4.69) is 6.92 Å². The Morgan fingerprint density at radius 3 is 1.79 bits per heavy atom. The molecule has 3 heterocycles. The Kier molecular flexibility index (Phi) is 14.9. The number of aromatic hydroxyl groups is 1. The molecule has 3 aliphatic heterocycles. The van der Waals surface area contributed by atoms with Crippen molar-refractivity contribution in [2.24, 2.45) is 22.2 Å². The van der Waals surface area contributed by atoms with E-state index >= 15 is 0 Å². The minimum Gasteiger partial charge on any atom is -0.508 e. The van der Waals surface area contributed by atoms with Gasteiger partial charge in [-0.3, -0.25) is 24.0 Å². The monoisotopic (exact) mass is 808 g/mol. The van der Waals surface area contributed by atoms with Crippen LogP contribution in [0.3, 0.4) is 0 Å². The number of ether oxygens (including phenoxy) is 6. The van der Waals surface area contributed by atoms with Gasteiger partial charge in [0.1, 0.15) is 34.7 Å². The number of carbonyl (C=O) groups excluding carboxylic acids is 5. The minimum atomic E-state index is -0.567. The Morgan fingerprint density at radius 2 is 1.26 bits per heavy atom. The van der Waals surface area contributed by atoms with Crippen LogP contribution in [-0.4, -0.2) is 64.8 Å². The average Bonchev–Trinajstić information content (AvgIpc) is 3.82. The maximum Gasteiger partial charge on any atom is 0.316 e. The summed E-state index contributed by atoms with van der Waals surface area (Å²) in [5, 5.41) is 9.06. The molecule has 58 heavy (non-hydrogen) atoms. The molecule has 3 saturated heterocycles. The first-order valence-electron chi connectivity index (χ1n) is 20.7. The van der Waals surface area contributed by atoms with Crippen LogP contribution in [0, 0.1) is 22.2 Å². The van der Waals surface area contributed by atoms with E-state index in [4.69, 9.17) is 33.5 Å². The fraction of sp³-hybridized carbons (Fsp3) is 0.630. The largest absolute Gasteiger partial charge is 0.508 e. The van der Waals surface area contributed by atoms with Crippen molar-refractivity contribution in [2.45, 2.75) is 164 Å². The molecule has 0 aromatic heterocycles. The number of phenols is 1. The lowest BCUT2D eigenvalue weighted by Gasteiger charge is -2.34. The molecule has 12 heteroatoms. The zero-order chi connectivity index (χ0) is 43.2. The Morgan fingerprint density at radius 1 is 0.741 bits per heavy atom. The Balaban J connectivity index is 0.000000200. The average molecular weight is 809 g/mol. The highest BCUT2D eigenvalue weighted by Crippen LogP contribution is 2.48.